The molecule has 0 aliphatic rings. The minimum Gasteiger partial charge on any atom is -0.303 e. The van der Waals surface area contributed by atoms with E-state index in [9.17, 15) is 4.79 Å². The Morgan fingerprint density at radius 3 is 2.73 bits per heavy atom. The first-order chi connectivity index (χ1) is 5.20. The first-order valence-electron chi connectivity index (χ1n) is 3.63. The molecule has 0 saturated heterocycles. The summed E-state index contributed by atoms with van der Waals surface area (Å²) in [6, 6.07) is 0. The third kappa shape index (κ3) is 5.34. The minimum absolute atomic E-state index is 0.00705. The summed E-state index contributed by atoms with van der Waals surface area (Å²) >= 11 is 0. The number of hydrogen-bond acceptors (Lipinski definition) is 1. The van der Waals surface area contributed by atoms with Crippen molar-refractivity contribution in [2.45, 2.75) is 13.3 Å². The molecule has 0 amide bonds. The average Bonchev–Trinajstić information content (AvgIpc) is 2.04. The summed E-state index contributed by atoms with van der Waals surface area (Å²) in [6.07, 6.45) is 7.20. The van der Waals surface area contributed by atoms with Crippen LogP contribution in [0, 0.1) is 5.92 Å². The van der Waals surface area contributed by atoms with Crippen molar-refractivity contribution in [3.8, 4) is 0 Å². The van der Waals surface area contributed by atoms with Gasteiger partial charge < -0.3 is 4.79 Å². The predicted molar refractivity (Wildman–Crippen MR) is 48.3 cm³/mol. The fourth-order valence-electron chi connectivity index (χ4n) is 0.563. The normalized spacial score (nSPS) is 12.8. The first kappa shape index (κ1) is 9.89. The van der Waals surface area contributed by atoms with Crippen LogP contribution in [-0.4, -0.2) is 6.29 Å². The fourth-order valence-corrected chi connectivity index (χ4v) is 0.563. The van der Waals surface area contributed by atoms with E-state index >= 15 is 0 Å². The predicted octanol–water partition coefficient (Wildman–Crippen LogP) is 2.51. The zero-order chi connectivity index (χ0) is 8.69. The smallest absolute Gasteiger partial charge is 0.126 e. The van der Waals surface area contributed by atoms with Gasteiger partial charge in [-0.3, -0.25) is 0 Å². The van der Waals surface area contributed by atoms with Gasteiger partial charge in [0.25, 0.3) is 0 Å². The van der Waals surface area contributed by atoms with Crippen LogP contribution in [0.25, 0.3) is 0 Å². The quantitative estimate of drug-likeness (QED) is 0.334. The summed E-state index contributed by atoms with van der Waals surface area (Å²) < 4.78 is 0. The van der Waals surface area contributed by atoms with E-state index in [4.69, 9.17) is 0 Å². The van der Waals surface area contributed by atoms with Crippen LogP contribution in [0.4, 0.5) is 0 Å². The Hall–Kier alpha value is -1.11. The van der Waals surface area contributed by atoms with Gasteiger partial charge in [-0.05, 0) is 6.42 Å². The van der Waals surface area contributed by atoms with E-state index in [1.807, 2.05) is 19.1 Å². The summed E-state index contributed by atoms with van der Waals surface area (Å²) in [5.41, 5.74) is 0.972. The summed E-state index contributed by atoms with van der Waals surface area (Å²) in [4.78, 5) is 10.2. The van der Waals surface area contributed by atoms with Crippen molar-refractivity contribution in [2.75, 3.05) is 0 Å². The second-order valence-corrected chi connectivity index (χ2v) is 2.49. The third-order valence-electron chi connectivity index (χ3n) is 1.32. The van der Waals surface area contributed by atoms with Gasteiger partial charge in [0, 0.05) is 5.92 Å². The zero-order valence-electron chi connectivity index (χ0n) is 6.92. The van der Waals surface area contributed by atoms with Gasteiger partial charge in [0.1, 0.15) is 6.29 Å². The molecule has 1 heteroatoms. The second kappa shape index (κ2) is 5.66. The number of aldehydes is 1. The molecule has 11 heavy (non-hydrogen) atoms. The lowest BCUT2D eigenvalue weighted by atomic mass is 10.1. The Kier molecular flexibility index (Phi) is 5.09. The Bertz CT molecular complexity index is 177. The zero-order valence-corrected chi connectivity index (χ0v) is 6.92. The molecule has 0 aromatic heterocycles. The molecule has 0 aliphatic heterocycles. The molecule has 0 aliphatic carbocycles. The molecule has 0 saturated carbocycles. The van der Waals surface area contributed by atoms with E-state index in [2.05, 4.69) is 13.2 Å². The van der Waals surface area contributed by atoms with E-state index < -0.39 is 0 Å². The number of carbonyl (C=O) groups is 1. The van der Waals surface area contributed by atoms with E-state index in [1.54, 1.807) is 6.08 Å². The maximum atomic E-state index is 10.2. The number of hydrogen-bond donors (Lipinski definition) is 0. The second-order valence-electron chi connectivity index (χ2n) is 2.49. The lowest BCUT2D eigenvalue weighted by Gasteiger charge is -1.93. The van der Waals surface area contributed by atoms with Gasteiger partial charge >= 0.3 is 0 Å². The van der Waals surface area contributed by atoms with Crippen molar-refractivity contribution < 1.29 is 4.79 Å². The Labute approximate surface area is 68.1 Å². The molecule has 1 atom stereocenters. The van der Waals surface area contributed by atoms with Gasteiger partial charge in [-0.1, -0.05) is 43.9 Å². The highest BCUT2D eigenvalue weighted by molar-refractivity contribution is 5.55. The Balaban J connectivity index is 3.67. The van der Waals surface area contributed by atoms with Crippen molar-refractivity contribution in [1.82, 2.24) is 0 Å². The summed E-state index contributed by atoms with van der Waals surface area (Å²) in [6.45, 7) is 9.16. The summed E-state index contributed by atoms with van der Waals surface area (Å²) in [7, 11) is 0. The van der Waals surface area contributed by atoms with Crippen LogP contribution in [0.2, 0.25) is 0 Å². The van der Waals surface area contributed by atoms with Crippen LogP contribution in [0.15, 0.2) is 37.0 Å². The van der Waals surface area contributed by atoms with Crippen molar-refractivity contribution in [3.05, 3.63) is 37.0 Å². The molecule has 0 spiro atoms. The van der Waals surface area contributed by atoms with Gasteiger partial charge in [0.15, 0.2) is 0 Å². The van der Waals surface area contributed by atoms with E-state index in [0.717, 1.165) is 18.3 Å². The topological polar surface area (TPSA) is 17.1 Å². The van der Waals surface area contributed by atoms with Crippen molar-refractivity contribution in [1.29, 1.82) is 0 Å². The van der Waals surface area contributed by atoms with Crippen LogP contribution in [0.5, 0.6) is 0 Å². The highest BCUT2D eigenvalue weighted by Gasteiger charge is 1.89. The van der Waals surface area contributed by atoms with Crippen LogP contribution in [0.3, 0.4) is 0 Å². The lowest BCUT2D eigenvalue weighted by Crippen LogP contribution is -1.88. The van der Waals surface area contributed by atoms with Gasteiger partial charge in [0.2, 0.25) is 0 Å². The molecule has 0 fully saturated rings. The molecule has 0 heterocycles. The van der Waals surface area contributed by atoms with E-state index in [0.29, 0.717) is 0 Å². The number of carbonyl (C=O) groups excluding carboxylic acids is 1. The molecule has 0 bridgehead atoms. The van der Waals surface area contributed by atoms with Crippen LogP contribution in [0.1, 0.15) is 13.3 Å². The van der Waals surface area contributed by atoms with Crippen LogP contribution >= 0.6 is 0 Å². The molecule has 60 valence electrons. The van der Waals surface area contributed by atoms with E-state index in [1.165, 1.54) is 0 Å². The van der Waals surface area contributed by atoms with Gasteiger partial charge in [-0.15, -0.1) is 0 Å². The average molecular weight is 150 g/mol. The monoisotopic (exact) mass is 150 g/mol. The van der Waals surface area contributed by atoms with Gasteiger partial charge in [0.05, 0.1) is 0 Å². The molecule has 0 radical (unpaired) electrons. The highest BCUT2D eigenvalue weighted by atomic mass is 16.1. The summed E-state index contributed by atoms with van der Waals surface area (Å²) in [5, 5.41) is 0. The highest BCUT2D eigenvalue weighted by Crippen LogP contribution is 2.01. The molecule has 0 rings (SSSR count). The molecule has 0 aromatic carbocycles. The fraction of sp³-hybridized carbons (Fsp3) is 0.300. The minimum atomic E-state index is 0.00705. The van der Waals surface area contributed by atoms with Gasteiger partial charge in [-0.2, -0.15) is 0 Å². The Morgan fingerprint density at radius 2 is 2.27 bits per heavy atom. The molecular formula is C10H14O. The number of allylic oxidation sites excluding steroid dienone is 4. The Morgan fingerprint density at radius 1 is 1.64 bits per heavy atom. The van der Waals surface area contributed by atoms with Crippen molar-refractivity contribution in [3.63, 3.8) is 0 Å². The first-order valence-corrected chi connectivity index (χ1v) is 3.63. The largest absolute Gasteiger partial charge is 0.303 e. The molecular weight excluding hydrogens is 136 g/mol. The summed E-state index contributed by atoms with van der Waals surface area (Å²) in [5.74, 6) is 0.00705. The lowest BCUT2D eigenvalue weighted by molar-refractivity contribution is -0.109. The molecule has 1 unspecified atom stereocenters. The van der Waals surface area contributed by atoms with Gasteiger partial charge in [-0.25, -0.2) is 0 Å². The van der Waals surface area contributed by atoms with Crippen molar-refractivity contribution >= 4 is 6.29 Å². The molecule has 0 aromatic rings. The van der Waals surface area contributed by atoms with Crippen molar-refractivity contribution in [2.24, 2.45) is 5.92 Å². The molecule has 0 N–H and O–H groups in total. The van der Waals surface area contributed by atoms with Crippen LogP contribution < -0.4 is 0 Å². The van der Waals surface area contributed by atoms with Crippen LogP contribution in [-0.2, 0) is 4.79 Å². The number of rotatable bonds is 5. The maximum absolute atomic E-state index is 10.2. The third-order valence-corrected chi connectivity index (χ3v) is 1.32. The maximum Gasteiger partial charge on any atom is 0.126 e. The molecule has 1 nitrogen and oxygen atoms in total. The standard InChI is InChI=1S/C10H14O/c1-4-9(2)6-5-7-10(3)8-11/h4-5,7-8,10H,1-2,6H2,3H3. The van der Waals surface area contributed by atoms with E-state index in [-0.39, 0.29) is 5.92 Å². The SMILES string of the molecule is C=CC(=C)CC=CC(C)C=O.